The topological polar surface area (TPSA) is 156 Å². The van der Waals surface area contributed by atoms with Gasteiger partial charge in [-0.1, -0.05) is 30.9 Å². The normalized spacial score (nSPS) is 11.5. The number of nitrogens with one attached hydrogen (secondary N) is 3. The first-order valence-corrected chi connectivity index (χ1v) is 15.7. The number of hydrogen-bond acceptors (Lipinski definition) is 11. The molecule has 0 saturated heterocycles. The summed E-state index contributed by atoms with van der Waals surface area (Å²) in [4.78, 5) is 49.8. The number of ether oxygens (including phenoxy) is 2. The minimum absolute atomic E-state index is 0.224. The SMILES string of the molecule is C=C[C@@H](C(=O)NCCCC#Cc1cnc(Nc2ccc3c(c2)c(OC)nn3C(=O)OCC)nc1NCCC)N(C)C(=O)/C=C/CN(C)C. The van der Waals surface area contributed by atoms with Gasteiger partial charge >= 0.3 is 6.09 Å². The number of rotatable bonds is 16. The number of unbranched alkanes of at least 4 members (excludes halogenated alkanes) is 1. The Morgan fingerprint density at radius 3 is 2.65 bits per heavy atom. The number of hydrogen-bond donors (Lipinski definition) is 3. The number of aromatic nitrogens is 4. The fraction of sp³-hybridized carbons (Fsp3) is 0.412. The number of likely N-dealkylation sites (N-methyl/N-ethyl adjacent to an activating group) is 2. The van der Waals surface area contributed by atoms with Gasteiger partial charge in [-0.25, -0.2) is 9.78 Å². The van der Waals surface area contributed by atoms with Crippen LogP contribution in [0.2, 0.25) is 0 Å². The molecule has 14 heteroatoms. The Balaban J connectivity index is 1.63. The maximum Gasteiger partial charge on any atom is 0.435 e. The van der Waals surface area contributed by atoms with Crippen molar-refractivity contribution in [3.63, 3.8) is 0 Å². The van der Waals surface area contributed by atoms with Gasteiger partial charge in [0, 0.05) is 44.9 Å². The lowest BCUT2D eigenvalue weighted by molar-refractivity contribution is -0.133. The molecule has 3 rings (SSSR count). The number of carbonyl (C=O) groups is 3. The van der Waals surface area contributed by atoms with Crippen LogP contribution in [0.25, 0.3) is 10.9 Å². The fourth-order valence-corrected chi connectivity index (χ4v) is 4.39. The van der Waals surface area contributed by atoms with Gasteiger partial charge in [-0.15, -0.1) is 11.7 Å². The Hall–Kier alpha value is -5.42. The average Bonchev–Trinajstić information content (AvgIpc) is 3.44. The summed E-state index contributed by atoms with van der Waals surface area (Å²) in [5, 5.41) is 14.2. The van der Waals surface area contributed by atoms with Crippen molar-refractivity contribution in [1.82, 2.24) is 34.9 Å². The van der Waals surface area contributed by atoms with Crippen molar-refractivity contribution in [2.75, 3.05) is 65.1 Å². The van der Waals surface area contributed by atoms with E-state index in [1.807, 2.05) is 19.0 Å². The summed E-state index contributed by atoms with van der Waals surface area (Å²) >= 11 is 0. The van der Waals surface area contributed by atoms with Gasteiger partial charge in [-0.3, -0.25) is 9.59 Å². The van der Waals surface area contributed by atoms with E-state index in [1.54, 1.807) is 44.4 Å². The van der Waals surface area contributed by atoms with Gasteiger partial charge < -0.3 is 35.2 Å². The molecule has 2 amide bonds. The molecule has 0 aliphatic heterocycles. The highest BCUT2D eigenvalue weighted by Gasteiger charge is 2.22. The smallest absolute Gasteiger partial charge is 0.435 e. The van der Waals surface area contributed by atoms with Crippen LogP contribution in [0.3, 0.4) is 0 Å². The predicted molar refractivity (Wildman–Crippen MR) is 186 cm³/mol. The van der Waals surface area contributed by atoms with Crippen LogP contribution in [0, 0.1) is 11.8 Å². The van der Waals surface area contributed by atoms with E-state index in [-0.39, 0.29) is 24.3 Å². The number of nitrogens with zero attached hydrogens (tertiary/aromatic N) is 6. The molecule has 2 heterocycles. The van der Waals surface area contributed by atoms with Crippen molar-refractivity contribution >= 4 is 46.3 Å². The van der Waals surface area contributed by atoms with Gasteiger partial charge in [0.15, 0.2) is 0 Å². The zero-order valence-corrected chi connectivity index (χ0v) is 28.5. The summed E-state index contributed by atoms with van der Waals surface area (Å²) in [6.07, 6.45) is 7.73. The second-order valence-electron chi connectivity index (χ2n) is 10.9. The quantitative estimate of drug-likeness (QED) is 0.0890. The van der Waals surface area contributed by atoms with Crippen molar-refractivity contribution in [2.45, 2.75) is 39.2 Å². The monoisotopic (exact) mass is 659 g/mol. The minimum Gasteiger partial charge on any atom is -0.479 e. The Morgan fingerprint density at radius 2 is 1.96 bits per heavy atom. The molecule has 1 atom stereocenters. The van der Waals surface area contributed by atoms with E-state index in [0.717, 1.165) is 11.1 Å². The summed E-state index contributed by atoms with van der Waals surface area (Å²) in [5.41, 5.74) is 1.85. The highest BCUT2D eigenvalue weighted by Crippen LogP contribution is 2.29. The van der Waals surface area contributed by atoms with E-state index in [1.165, 1.54) is 24.2 Å². The maximum absolute atomic E-state index is 12.7. The molecule has 2 aromatic heterocycles. The number of methoxy groups -OCH3 is 1. The summed E-state index contributed by atoms with van der Waals surface area (Å²) in [5.74, 6) is 6.91. The molecule has 256 valence electrons. The largest absolute Gasteiger partial charge is 0.479 e. The lowest BCUT2D eigenvalue weighted by atomic mass is 10.2. The molecule has 0 saturated carbocycles. The van der Waals surface area contributed by atoms with Crippen molar-refractivity contribution in [3.8, 4) is 17.7 Å². The Labute approximate surface area is 281 Å². The van der Waals surface area contributed by atoms with Crippen LogP contribution in [0.15, 0.2) is 49.2 Å². The molecule has 1 aromatic carbocycles. The standard InChI is InChI=1S/C34H45N9O5/c1-8-19-35-30-24(15-12-11-13-20-36-31(45)27(9-2)42(6)29(44)16-14-21-41(4)5)23-37-33(39-30)38-25-17-18-28-26(22-25)32(47-7)40-43(28)34(46)48-10-3/h9,14,16-18,22-23,27H,2,8,10-11,13,19-21H2,1,3-7H3,(H,36,45)(H2,35,37,38,39)/b16-14+/t27-/m0/s1. The second kappa shape index (κ2) is 18.7. The summed E-state index contributed by atoms with van der Waals surface area (Å²) < 4.78 is 11.6. The highest BCUT2D eigenvalue weighted by atomic mass is 16.6. The number of benzene rings is 1. The first-order valence-electron chi connectivity index (χ1n) is 15.7. The van der Waals surface area contributed by atoms with E-state index < -0.39 is 12.1 Å². The fourth-order valence-electron chi connectivity index (χ4n) is 4.39. The lowest BCUT2D eigenvalue weighted by Gasteiger charge is -2.23. The van der Waals surface area contributed by atoms with E-state index in [4.69, 9.17) is 9.47 Å². The first-order chi connectivity index (χ1) is 23.1. The van der Waals surface area contributed by atoms with Crippen molar-refractivity contribution in [2.24, 2.45) is 0 Å². The van der Waals surface area contributed by atoms with Crippen LogP contribution in [0.1, 0.15) is 38.7 Å². The number of amides is 2. The van der Waals surface area contributed by atoms with Crippen LogP contribution in [-0.2, 0) is 14.3 Å². The highest BCUT2D eigenvalue weighted by molar-refractivity contribution is 5.94. The molecule has 0 spiro atoms. The Bertz CT molecular complexity index is 1670. The number of carbonyl (C=O) groups excluding carboxylic acids is 3. The molecule has 0 aliphatic rings. The minimum atomic E-state index is -0.782. The first kappa shape index (κ1) is 37.0. The van der Waals surface area contributed by atoms with Gasteiger partial charge in [-0.05, 0) is 52.1 Å². The molecule has 0 aliphatic carbocycles. The summed E-state index contributed by atoms with van der Waals surface area (Å²) in [6.45, 7) is 9.43. The van der Waals surface area contributed by atoms with Gasteiger partial charge in [0.05, 0.1) is 36.4 Å². The van der Waals surface area contributed by atoms with Crippen LogP contribution in [-0.4, -0.2) is 108 Å². The molecular weight excluding hydrogens is 614 g/mol. The zero-order chi connectivity index (χ0) is 35.1. The van der Waals surface area contributed by atoms with Gasteiger partial charge in [0.1, 0.15) is 11.9 Å². The van der Waals surface area contributed by atoms with Gasteiger partial charge in [0.2, 0.25) is 23.6 Å². The van der Waals surface area contributed by atoms with Crippen LogP contribution < -0.4 is 20.7 Å². The van der Waals surface area contributed by atoms with E-state index >= 15 is 0 Å². The molecule has 0 radical (unpaired) electrons. The molecule has 0 fully saturated rings. The third-order valence-corrected chi connectivity index (χ3v) is 6.86. The lowest BCUT2D eigenvalue weighted by Crippen LogP contribution is -2.46. The average molecular weight is 660 g/mol. The second-order valence-corrected chi connectivity index (χ2v) is 10.9. The maximum atomic E-state index is 12.7. The Morgan fingerprint density at radius 1 is 1.17 bits per heavy atom. The Kier molecular flexibility index (Phi) is 14.4. The predicted octanol–water partition coefficient (Wildman–Crippen LogP) is 3.78. The third-order valence-electron chi connectivity index (χ3n) is 6.86. The van der Waals surface area contributed by atoms with Crippen LogP contribution in [0.5, 0.6) is 5.88 Å². The van der Waals surface area contributed by atoms with Crippen molar-refractivity contribution in [1.29, 1.82) is 0 Å². The molecular formula is C34H45N9O5. The van der Waals surface area contributed by atoms with E-state index in [0.29, 0.717) is 66.4 Å². The molecule has 0 unspecified atom stereocenters. The van der Waals surface area contributed by atoms with E-state index in [2.05, 4.69) is 56.4 Å². The third kappa shape index (κ3) is 10.3. The molecule has 3 aromatic rings. The van der Waals surface area contributed by atoms with Crippen molar-refractivity contribution in [3.05, 3.63) is 54.8 Å². The number of anilines is 3. The molecule has 3 N–H and O–H groups in total. The van der Waals surface area contributed by atoms with Crippen LogP contribution >= 0.6 is 0 Å². The summed E-state index contributed by atoms with van der Waals surface area (Å²) in [6, 6.07) is 4.53. The van der Waals surface area contributed by atoms with Gasteiger partial charge in [-0.2, -0.15) is 9.67 Å². The van der Waals surface area contributed by atoms with Crippen LogP contribution in [0.4, 0.5) is 22.2 Å². The molecule has 0 bridgehead atoms. The van der Waals surface area contributed by atoms with Gasteiger partial charge in [0.25, 0.3) is 0 Å². The zero-order valence-electron chi connectivity index (χ0n) is 28.5. The molecule has 14 nitrogen and oxygen atoms in total. The van der Waals surface area contributed by atoms with E-state index in [9.17, 15) is 14.4 Å². The molecule has 48 heavy (non-hydrogen) atoms. The number of fused-ring (bicyclic) bond motifs is 1. The van der Waals surface area contributed by atoms with Crippen molar-refractivity contribution < 1.29 is 23.9 Å². The summed E-state index contributed by atoms with van der Waals surface area (Å²) in [7, 11) is 6.87.